The Bertz CT molecular complexity index is 1060. The van der Waals surface area contributed by atoms with E-state index in [-0.39, 0.29) is 17.2 Å². The largest absolute Gasteiger partial charge is 0.497 e. The molecule has 1 aromatic heterocycles. The summed E-state index contributed by atoms with van der Waals surface area (Å²) in [4.78, 5) is 24.4. The van der Waals surface area contributed by atoms with E-state index >= 15 is 0 Å². The van der Waals surface area contributed by atoms with Crippen molar-refractivity contribution >= 4 is 23.4 Å². The van der Waals surface area contributed by atoms with Gasteiger partial charge in [0.1, 0.15) is 10.8 Å². The third kappa shape index (κ3) is 4.80. The van der Waals surface area contributed by atoms with Crippen molar-refractivity contribution in [3.63, 3.8) is 0 Å². The van der Waals surface area contributed by atoms with Gasteiger partial charge in [0.15, 0.2) is 0 Å². The Morgan fingerprint density at radius 3 is 2.68 bits per heavy atom. The van der Waals surface area contributed by atoms with Crippen LogP contribution in [0.25, 0.3) is 5.69 Å². The van der Waals surface area contributed by atoms with Gasteiger partial charge in [-0.2, -0.15) is 9.78 Å². The fourth-order valence-corrected chi connectivity index (χ4v) is 3.21. The average molecular weight is 395 g/mol. The number of aryl methyl sites for hydroxylation is 2. The molecular formula is C21H21N3O3S. The Morgan fingerprint density at radius 2 is 1.93 bits per heavy atom. The van der Waals surface area contributed by atoms with E-state index in [2.05, 4.69) is 10.4 Å². The Morgan fingerprint density at radius 1 is 1.11 bits per heavy atom. The third-order valence-electron chi connectivity index (χ3n) is 4.22. The number of carbonyl (C=O) groups excluding carboxylic acids is 1. The molecule has 0 spiro atoms. The van der Waals surface area contributed by atoms with Gasteiger partial charge in [-0.15, -0.1) is 0 Å². The van der Waals surface area contributed by atoms with Crippen molar-refractivity contribution < 1.29 is 9.53 Å². The molecule has 1 N–H and O–H groups in total. The summed E-state index contributed by atoms with van der Waals surface area (Å²) in [5.41, 5.74) is 3.39. The fraction of sp³-hybridized carbons (Fsp3) is 0.190. The molecule has 0 aliphatic rings. The Balaban J connectivity index is 1.70. The summed E-state index contributed by atoms with van der Waals surface area (Å²) >= 11 is 1.27. The van der Waals surface area contributed by atoms with Crippen LogP contribution in [-0.2, 0) is 4.79 Å². The van der Waals surface area contributed by atoms with Crippen molar-refractivity contribution in [1.29, 1.82) is 0 Å². The first-order valence-corrected chi connectivity index (χ1v) is 9.69. The third-order valence-corrected chi connectivity index (χ3v) is 5.14. The van der Waals surface area contributed by atoms with Crippen LogP contribution < -0.4 is 15.6 Å². The summed E-state index contributed by atoms with van der Waals surface area (Å²) in [7, 11) is 1.58. The SMILES string of the molecule is COc1cccc(NC(=O)CSc2ccc(=O)n(-c3ccc(C)c(C)c3)n2)c1. The number of methoxy groups -OCH3 is 1. The molecule has 2 aromatic carbocycles. The number of hydrogen-bond acceptors (Lipinski definition) is 5. The van der Waals surface area contributed by atoms with E-state index in [0.717, 1.165) is 11.1 Å². The number of aromatic nitrogens is 2. The lowest BCUT2D eigenvalue weighted by atomic mass is 10.1. The number of carbonyl (C=O) groups is 1. The molecule has 0 unspecified atom stereocenters. The van der Waals surface area contributed by atoms with Crippen molar-refractivity contribution in [2.24, 2.45) is 0 Å². The summed E-state index contributed by atoms with van der Waals surface area (Å²) in [6.07, 6.45) is 0. The predicted molar refractivity (Wildman–Crippen MR) is 112 cm³/mol. The lowest BCUT2D eigenvalue weighted by Crippen LogP contribution is -2.21. The highest BCUT2D eigenvalue weighted by molar-refractivity contribution is 7.99. The maximum atomic E-state index is 12.2. The first-order valence-electron chi connectivity index (χ1n) is 8.71. The van der Waals surface area contributed by atoms with Crippen LogP contribution in [-0.4, -0.2) is 28.6 Å². The molecule has 28 heavy (non-hydrogen) atoms. The molecule has 6 nitrogen and oxygen atoms in total. The fourth-order valence-electron chi connectivity index (χ4n) is 2.55. The molecular weight excluding hydrogens is 374 g/mol. The molecule has 1 heterocycles. The number of nitrogens with one attached hydrogen (secondary N) is 1. The number of hydrogen-bond donors (Lipinski definition) is 1. The number of anilines is 1. The molecule has 0 aliphatic heterocycles. The minimum atomic E-state index is -0.214. The van der Waals surface area contributed by atoms with Gasteiger partial charge in [0, 0.05) is 17.8 Å². The number of nitrogens with zero attached hydrogens (tertiary/aromatic N) is 2. The zero-order valence-electron chi connectivity index (χ0n) is 15.9. The molecule has 0 radical (unpaired) electrons. The molecule has 1 amide bonds. The van der Waals surface area contributed by atoms with Crippen molar-refractivity contribution in [1.82, 2.24) is 9.78 Å². The standard InChI is InChI=1S/C21H21N3O3S/c1-14-7-8-17(11-15(14)2)24-21(26)10-9-20(23-24)28-13-19(25)22-16-5-4-6-18(12-16)27-3/h4-12H,13H2,1-3H3,(H,22,25). The lowest BCUT2D eigenvalue weighted by Gasteiger charge is -2.09. The van der Waals surface area contributed by atoms with E-state index in [4.69, 9.17) is 4.74 Å². The zero-order chi connectivity index (χ0) is 20.1. The molecule has 7 heteroatoms. The Labute approximate surface area is 167 Å². The van der Waals surface area contributed by atoms with Crippen molar-refractivity contribution in [2.45, 2.75) is 18.9 Å². The van der Waals surface area contributed by atoms with E-state index < -0.39 is 0 Å². The predicted octanol–water partition coefficient (Wildman–Crippen LogP) is 3.59. The monoisotopic (exact) mass is 395 g/mol. The van der Waals surface area contributed by atoms with Gasteiger partial charge in [-0.25, -0.2) is 0 Å². The molecule has 0 fully saturated rings. The van der Waals surface area contributed by atoms with Gasteiger partial charge in [-0.05, 0) is 55.3 Å². The molecule has 144 valence electrons. The minimum Gasteiger partial charge on any atom is -0.497 e. The Kier molecular flexibility index (Phi) is 6.16. The highest BCUT2D eigenvalue weighted by Gasteiger charge is 2.08. The van der Waals surface area contributed by atoms with E-state index in [1.807, 2.05) is 44.2 Å². The highest BCUT2D eigenvalue weighted by atomic mass is 32.2. The Hall–Kier alpha value is -3.06. The van der Waals surface area contributed by atoms with Crippen LogP contribution in [0.4, 0.5) is 5.69 Å². The zero-order valence-corrected chi connectivity index (χ0v) is 16.7. The second-order valence-corrected chi connectivity index (χ2v) is 7.25. The van der Waals surface area contributed by atoms with Crippen LogP contribution in [0.1, 0.15) is 11.1 Å². The van der Waals surface area contributed by atoms with Crippen LogP contribution in [0.2, 0.25) is 0 Å². The van der Waals surface area contributed by atoms with E-state index in [0.29, 0.717) is 22.2 Å². The molecule has 3 aromatic rings. The van der Waals surface area contributed by atoms with Crippen molar-refractivity contribution in [3.05, 3.63) is 76.1 Å². The van der Waals surface area contributed by atoms with Crippen LogP contribution in [0.3, 0.4) is 0 Å². The second-order valence-electron chi connectivity index (χ2n) is 6.26. The summed E-state index contributed by atoms with van der Waals surface area (Å²) in [5.74, 6) is 0.687. The normalized spacial score (nSPS) is 10.5. The quantitative estimate of drug-likeness (QED) is 0.646. The van der Waals surface area contributed by atoms with Gasteiger partial charge >= 0.3 is 0 Å². The van der Waals surface area contributed by atoms with Gasteiger partial charge in [-0.1, -0.05) is 23.9 Å². The van der Waals surface area contributed by atoms with Crippen molar-refractivity contribution in [2.75, 3.05) is 18.2 Å². The molecule has 0 saturated heterocycles. The molecule has 0 bridgehead atoms. The van der Waals surface area contributed by atoms with E-state index in [1.165, 1.54) is 22.5 Å². The lowest BCUT2D eigenvalue weighted by molar-refractivity contribution is -0.113. The summed E-state index contributed by atoms with van der Waals surface area (Å²) in [6, 6.07) is 16.0. The van der Waals surface area contributed by atoms with Crippen LogP contribution >= 0.6 is 11.8 Å². The molecule has 0 saturated carbocycles. The van der Waals surface area contributed by atoms with Crippen LogP contribution in [0, 0.1) is 13.8 Å². The summed E-state index contributed by atoms with van der Waals surface area (Å²) in [5, 5.41) is 7.80. The second kappa shape index (κ2) is 8.75. The maximum absolute atomic E-state index is 12.2. The molecule has 3 rings (SSSR count). The molecule has 0 aliphatic carbocycles. The number of benzene rings is 2. The maximum Gasteiger partial charge on any atom is 0.271 e. The van der Waals surface area contributed by atoms with Crippen LogP contribution in [0.5, 0.6) is 5.75 Å². The van der Waals surface area contributed by atoms with E-state index in [1.54, 1.807) is 25.3 Å². The average Bonchev–Trinajstić information content (AvgIpc) is 2.69. The summed E-state index contributed by atoms with van der Waals surface area (Å²) in [6.45, 7) is 4.01. The smallest absolute Gasteiger partial charge is 0.271 e. The number of ether oxygens (including phenoxy) is 1. The van der Waals surface area contributed by atoms with Gasteiger partial charge in [0.25, 0.3) is 5.56 Å². The number of thioether (sulfide) groups is 1. The van der Waals surface area contributed by atoms with Gasteiger partial charge in [0.05, 0.1) is 18.6 Å². The van der Waals surface area contributed by atoms with E-state index in [9.17, 15) is 9.59 Å². The number of rotatable bonds is 6. The molecule has 0 atom stereocenters. The highest BCUT2D eigenvalue weighted by Crippen LogP contribution is 2.19. The van der Waals surface area contributed by atoms with Gasteiger partial charge in [0.2, 0.25) is 5.91 Å². The summed E-state index contributed by atoms with van der Waals surface area (Å²) < 4.78 is 6.50. The van der Waals surface area contributed by atoms with Gasteiger partial charge in [-0.3, -0.25) is 9.59 Å². The van der Waals surface area contributed by atoms with Gasteiger partial charge < -0.3 is 10.1 Å². The van der Waals surface area contributed by atoms with Crippen LogP contribution in [0.15, 0.2) is 64.4 Å². The minimum absolute atomic E-state index is 0.163. The van der Waals surface area contributed by atoms with Crippen molar-refractivity contribution in [3.8, 4) is 11.4 Å². The first kappa shape index (κ1) is 19.7. The number of amides is 1. The topological polar surface area (TPSA) is 73.2 Å². The first-order chi connectivity index (χ1) is 13.5.